The summed E-state index contributed by atoms with van der Waals surface area (Å²) in [5.74, 6) is -2.63. The lowest BCUT2D eigenvalue weighted by atomic mass is 10.1. The number of thiazole rings is 1. The van der Waals surface area contributed by atoms with E-state index in [4.69, 9.17) is 21.1 Å². The number of aromatic nitrogens is 2. The van der Waals surface area contributed by atoms with Crippen LogP contribution in [-0.4, -0.2) is 94.8 Å². The molecule has 3 aromatic rings. The molecule has 15 nitrogen and oxygen atoms in total. The fourth-order valence-electron chi connectivity index (χ4n) is 7.27. The van der Waals surface area contributed by atoms with Crippen LogP contribution in [0, 0.1) is 5.92 Å². The third-order valence-electron chi connectivity index (χ3n) is 10.5. The van der Waals surface area contributed by atoms with Crippen LogP contribution < -0.4 is 24.8 Å². The van der Waals surface area contributed by atoms with Crippen LogP contribution in [0.2, 0.25) is 5.02 Å². The van der Waals surface area contributed by atoms with E-state index in [9.17, 15) is 45.9 Å². The lowest BCUT2D eigenvalue weighted by Crippen LogP contribution is -2.58. The summed E-state index contributed by atoms with van der Waals surface area (Å²) in [6, 6.07) is 1.94. The molecule has 2 aliphatic heterocycles. The highest BCUT2D eigenvalue weighted by Gasteiger charge is 2.62. The van der Waals surface area contributed by atoms with E-state index in [1.807, 2.05) is 6.08 Å². The van der Waals surface area contributed by atoms with Gasteiger partial charge in [0.1, 0.15) is 50.9 Å². The molecule has 0 radical (unpaired) electrons. The molecule has 57 heavy (non-hydrogen) atoms. The van der Waals surface area contributed by atoms with Crippen molar-refractivity contribution >= 4 is 67.7 Å². The Balaban J connectivity index is 1.24. The number of nitrogens with zero attached hydrogens (tertiary/aromatic N) is 3. The van der Waals surface area contributed by atoms with Gasteiger partial charge >= 0.3 is 12.3 Å². The predicted octanol–water partition coefficient (Wildman–Crippen LogP) is 5.03. The van der Waals surface area contributed by atoms with Crippen molar-refractivity contribution in [2.45, 2.75) is 92.9 Å². The topological polar surface area (TPSA) is 206 Å². The molecule has 0 bridgehead atoms. The number of carbonyl (C=O) groups is 4. The second-order valence-corrected chi connectivity index (χ2v) is 17.7. The first-order valence-corrected chi connectivity index (χ1v) is 21.0. The lowest BCUT2D eigenvalue weighted by molar-refractivity contribution is -0.141. The molecule has 4 aliphatic rings. The summed E-state index contributed by atoms with van der Waals surface area (Å²) in [6.07, 6.45) is -0.204. The molecule has 4 amide bonds. The Hall–Kier alpha value is -4.69. The van der Waals surface area contributed by atoms with Crippen LogP contribution in [0.3, 0.4) is 0 Å². The number of rotatable bonds is 8. The molecular formula is C36H38ClF3N6O9S2. The Morgan fingerprint density at radius 1 is 1.12 bits per heavy atom. The number of carbonyl (C=O) groups excluding carboxylic acids is 3. The van der Waals surface area contributed by atoms with E-state index in [1.165, 1.54) is 24.1 Å². The van der Waals surface area contributed by atoms with Crippen LogP contribution >= 0.6 is 22.9 Å². The summed E-state index contributed by atoms with van der Waals surface area (Å²) in [5, 5.41) is 15.1. The summed E-state index contributed by atoms with van der Waals surface area (Å²) in [4.78, 5) is 63.5. The van der Waals surface area contributed by atoms with Crippen molar-refractivity contribution in [3.63, 3.8) is 0 Å². The van der Waals surface area contributed by atoms with Gasteiger partial charge < -0.3 is 30.1 Å². The minimum atomic E-state index is -4.72. The number of methoxy groups -OCH3 is 1. The van der Waals surface area contributed by atoms with Crippen LogP contribution in [-0.2, 0) is 30.6 Å². The number of sulfonamides is 1. The SMILES string of the molecule is COc1ccc2c(O[C@@H]3C[C@H]4C(=O)N[C@]5(C(=O)NS(=O)(=O)C6CC6)C[C@H]5C=CCCCCC[C@H](NC(=O)O)C(=O)N4C3)cc(-c3nc(C(F)(F)F)cs3)nc2c1Cl. The molecule has 0 unspecified atom stereocenters. The molecule has 3 fully saturated rings. The van der Waals surface area contributed by atoms with Gasteiger partial charge in [0.25, 0.3) is 5.91 Å². The second kappa shape index (κ2) is 15.6. The highest BCUT2D eigenvalue weighted by Crippen LogP contribution is 2.46. The molecule has 0 spiro atoms. The second-order valence-electron chi connectivity index (χ2n) is 14.5. The molecule has 5 atom stereocenters. The smallest absolute Gasteiger partial charge is 0.434 e. The molecule has 2 aromatic heterocycles. The van der Waals surface area contributed by atoms with Crippen LogP contribution in [0.15, 0.2) is 35.7 Å². The number of hydrogen-bond acceptors (Lipinski definition) is 11. The van der Waals surface area contributed by atoms with Gasteiger partial charge in [-0.05, 0) is 50.7 Å². The van der Waals surface area contributed by atoms with E-state index in [-0.39, 0.29) is 58.5 Å². The van der Waals surface area contributed by atoms with E-state index in [1.54, 1.807) is 12.1 Å². The van der Waals surface area contributed by atoms with E-state index >= 15 is 0 Å². The summed E-state index contributed by atoms with van der Waals surface area (Å²) in [5.41, 5.74) is -2.65. The Labute approximate surface area is 333 Å². The van der Waals surface area contributed by atoms with Crippen molar-refractivity contribution in [3.05, 3.63) is 46.4 Å². The molecular weight excluding hydrogens is 817 g/mol. The molecule has 4 heterocycles. The number of amides is 4. The fraction of sp³-hybridized carbons (Fsp3) is 0.500. The first kappa shape index (κ1) is 40.5. The largest absolute Gasteiger partial charge is 0.495 e. The first-order chi connectivity index (χ1) is 27.0. The zero-order valence-electron chi connectivity index (χ0n) is 30.3. The lowest BCUT2D eigenvalue weighted by Gasteiger charge is -2.29. The highest BCUT2D eigenvalue weighted by atomic mass is 35.5. The van der Waals surface area contributed by atoms with Crippen molar-refractivity contribution in [2.75, 3.05) is 13.7 Å². The minimum absolute atomic E-state index is 0.0116. The number of pyridine rings is 1. The zero-order valence-corrected chi connectivity index (χ0v) is 32.7. The normalized spacial score (nSPS) is 25.7. The van der Waals surface area contributed by atoms with Crippen molar-refractivity contribution in [3.8, 4) is 22.2 Å². The van der Waals surface area contributed by atoms with Crippen LogP contribution in [0.5, 0.6) is 11.5 Å². The van der Waals surface area contributed by atoms with Gasteiger partial charge in [0, 0.05) is 29.2 Å². The number of hydrogen-bond donors (Lipinski definition) is 4. The number of allylic oxidation sites excluding steroid dienone is 1. The molecule has 306 valence electrons. The Morgan fingerprint density at radius 2 is 1.89 bits per heavy atom. The maximum absolute atomic E-state index is 14.3. The number of benzene rings is 1. The average Bonchev–Trinajstić information content (AvgIpc) is 4.02. The van der Waals surface area contributed by atoms with Crippen LogP contribution in [0.1, 0.15) is 63.5 Å². The quantitative estimate of drug-likeness (QED) is 0.221. The number of carboxylic acid groups (broad SMARTS) is 1. The number of halogens is 4. The molecule has 2 saturated carbocycles. The Kier molecular flexibility index (Phi) is 11.1. The van der Waals surface area contributed by atoms with E-state index in [0.29, 0.717) is 55.2 Å². The van der Waals surface area contributed by atoms with E-state index < -0.39 is 80.6 Å². The molecule has 1 aromatic carbocycles. The monoisotopic (exact) mass is 854 g/mol. The van der Waals surface area contributed by atoms with Gasteiger partial charge in [-0.1, -0.05) is 36.6 Å². The van der Waals surface area contributed by atoms with Crippen molar-refractivity contribution < 1.29 is 55.3 Å². The Morgan fingerprint density at radius 3 is 2.58 bits per heavy atom. The van der Waals surface area contributed by atoms with Gasteiger partial charge in [0.15, 0.2) is 5.69 Å². The number of alkyl halides is 3. The molecule has 2 aliphatic carbocycles. The van der Waals surface area contributed by atoms with Gasteiger partial charge in [0.05, 0.1) is 24.4 Å². The number of fused-ring (bicyclic) bond motifs is 3. The van der Waals surface area contributed by atoms with Crippen LogP contribution in [0.4, 0.5) is 18.0 Å². The summed E-state index contributed by atoms with van der Waals surface area (Å²) < 4.78 is 80.1. The van der Waals surface area contributed by atoms with Crippen molar-refractivity contribution in [2.24, 2.45) is 5.92 Å². The molecule has 7 rings (SSSR count). The van der Waals surface area contributed by atoms with Gasteiger partial charge in [-0.25, -0.2) is 23.2 Å². The fourth-order valence-corrected chi connectivity index (χ4v) is 9.71. The van der Waals surface area contributed by atoms with E-state index in [2.05, 4.69) is 25.3 Å². The maximum atomic E-state index is 14.3. The number of nitrogens with one attached hydrogen (secondary N) is 3. The average molecular weight is 855 g/mol. The molecule has 21 heteroatoms. The van der Waals surface area contributed by atoms with Crippen molar-refractivity contribution in [1.29, 1.82) is 0 Å². The predicted molar refractivity (Wildman–Crippen MR) is 200 cm³/mol. The summed E-state index contributed by atoms with van der Waals surface area (Å²) in [7, 11) is -2.61. The van der Waals surface area contributed by atoms with Crippen LogP contribution in [0.25, 0.3) is 21.6 Å². The van der Waals surface area contributed by atoms with Gasteiger partial charge in [-0.2, -0.15) is 13.2 Å². The molecule has 1 saturated heterocycles. The van der Waals surface area contributed by atoms with Gasteiger partial charge in [0.2, 0.25) is 21.8 Å². The highest BCUT2D eigenvalue weighted by molar-refractivity contribution is 7.91. The van der Waals surface area contributed by atoms with Gasteiger partial charge in [-0.3, -0.25) is 19.1 Å². The number of ether oxygens (including phenoxy) is 2. The van der Waals surface area contributed by atoms with Crippen molar-refractivity contribution in [1.82, 2.24) is 30.2 Å². The first-order valence-electron chi connectivity index (χ1n) is 18.2. The maximum Gasteiger partial charge on any atom is 0.434 e. The zero-order chi connectivity index (χ0) is 40.9. The molecule has 4 N–H and O–H groups in total. The standard InChI is InChI=1S/C36H38ClF3N6O9S2/c1-54-25-12-11-21-26(14-23(41-29(21)28(25)37)31-43-27(17-56-31)36(38,39)40)55-19-13-24-30(47)44-35(33(49)45-57(52,53)20-9-10-20)15-18(35)7-5-3-2-4-6-8-22(42-34(50)51)32(48)46(24)16-19/h5,7,11-12,14,17-20,22,24,42H,2-4,6,8-10,13,15-16H2,1H3,(H,44,47)(H,45,49)(H,50,51)/t18-,19-,22+,24+,35-/m1/s1. The minimum Gasteiger partial charge on any atom is -0.495 e. The summed E-state index contributed by atoms with van der Waals surface area (Å²) in [6.45, 7) is -0.244. The van der Waals surface area contributed by atoms with Gasteiger partial charge in [-0.15, -0.1) is 11.3 Å². The summed E-state index contributed by atoms with van der Waals surface area (Å²) >= 11 is 7.33. The third-order valence-corrected chi connectivity index (χ3v) is 13.6. The Bertz CT molecular complexity index is 2250. The van der Waals surface area contributed by atoms with E-state index in [0.717, 1.165) is 5.38 Å². The third kappa shape index (κ3) is 8.48.